The largest absolute Gasteiger partial charge is 0.460 e. The molecule has 4 heteroatoms. The van der Waals surface area contributed by atoms with Crippen LogP contribution in [0.4, 0.5) is 0 Å². The van der Waals surface area contributed by atoms with Gasteiger partial charge in [-0.05, 0) is 27.2 Å². The summed E-state index contributed by atoms with van der Waals surface area (Å²) in [6.45, 7) is 8.42. The van der Waals surface area contributed by atoms with Crippen molar-refractivity contribution in [3.05, 3.63) is 0 Å². The Morgan fingerprint density at radius 2 is 2.00 bits per heavy atom. The first-order chi connectivity index (χ1) is 7.39. The molecule has 0 saturated carbocycles. The van der Waals surface area contributed by atoms with Crippen molar-refractivity contribution < 1.29 is 14.3 Å². The summed E-state index contributed by atoms with van der Waals surface area (Å²) in [6, 6.07) is 0. The van der Waals surface area contributed by atoms with Crippen LogP contribution in [0, 0.1) is 0 Å². The molecule has 0 aliphatic rings. The summed E-state index contributed by atoms with van der Waals surface area (Å²) in [5.74, 6) is -0.201. The second-order valence-electron chi connectivity index (χ2n) is 4.79. The minimum Gasteiger partial charge on any atom is -0.460 e. The lowest BCUT2D eigenvalue weighted by atomic mass is 10.2. The van der Waals surface area contributed by atoms with Gasteiger partial charge in [0.1, 0.15) is 5.60 Å². The van der Waals surface area contributed by atoms with E-state index >= 15 is 0 Å². The van der Waals surface area contributed by atoms with E-state index in [1.807, 2.05) is 20.8 Å². The summed E-state index contributed by atoms with van der Waals surface area (Å²) in [4.78, 5) is 11.5. The van der Waals surface area contributed by atoms with E-state index in [1.54, 1.807) is 0 Å². The zero-order valence-electron chi connectivity index (χ0n) is 10.7. The summed E-state index contributed by atoms with van der Waals surface area (Å²) in [7, 11) is 0. The number of carbonyl (C=O) groups excluding carboxylic acids is 1. The van der Waals surface area contributed by atoms with Gasteiger partial charge in [0.15, 0.2) is 0 Å². The Hall–Kier alpha value is -0.0900. The molecule has 16 heavy (non-hydrogen) atoms. The second kappa shape index (κ2) is 8.07. The summed E-state index contributed by atoms with van der Waals surface area (Å²) in [5, 5.41) is 0.663. The number of hydrogen-bond acceptors (Lipinski definition) is 3. The molecular weight excluding hydrogens is 272 g/mol. The molecule has 0 aromatic carbocycles. The molecule has 96 valence electrons. The van der Waals surface area contributed by atoms with Crippen LogP contribution in [0.15, 0.2) is 0 Å². The molecule has 0 fully saturated rings. The lowest BCUT2D eigenvalue weighted by molar-refractivity contribution is -0.157. The van der Waals surface area contributed by atoms with Gasteiger partial charge in [-0.1, -0.05) is 29.3 Å². The summed E-state index contributed by atoms with van der Waals surface area (Å²) in [6.07, 6.45) is 2.35. The minimum atomic E-state index is -0.419. The Morgan fingerprint density at radius 1 is 1.38 bits per heavy atom. The van der Waals surface area contributed by atoms with Crippen LogP contribution in [0.5, 0.6) is 0 Å². The van der Waals surface area contributed by atoms with Crippen molar-refractivity contribution in [2.75, 3.05) is 11.9 Å². The highest BCUT2D eigenvalue weighted by Crippen LogP contribution is 2.12. The molecule has 1 unspecified atom stereocenters. The zero-order chi connectivity index (χ0) is 12.6. The van der Waals surface area contributed by atoms with Crippen molar-refractivity contribution in [1.29, 1.82) is 0 Å². The van der Waals surface area contributed by atoms with Crippen molar-refractivity contribution in [2.45, 2.75) is 58.7 Å². The Balaban J connectivity index is 3.88. The number of unbranched alkanes of at least 4 members (excludes halogenated alkanes) is 1. The van der Waals surface area contributed by atoms with E-state index in [9.17, 15) is 4.79 Å². The van der Waals surface area contributed by atoms with Gasteiger partial charge in [0.05, 0.1) is 12.5 Å². The number of ether oxygens (including phenoxy) is 2. The van der Waals surface area contributed by atoms with Crippen molar-refractivity contribution in [2.24, 2.45) is 0 Å². The number of carbonyl (C=O) groups is 1. The van der Waals surface area contributed by atoms with Crippen molar-refractivity contribution in [3.63, 3.8) is 0 Å². The molecule has 0 N–H and O–H groups in total. The predicted octanol–water partition coefficient (Wildman–Crippen LogP) is 3.30. The third-order valence-electron chi connectivity index (χ3n) is 1.84. The second-order valence-corrected chi connectivity index (χ2v) is 5.44. The van der Waals surface area contributed by atoms with Gasteiger partial charge in [-0.15, -0.1) is 0 Å². The fourth-order valence-electron chi connectivity index (χ4n) is 1.12. The van der Waals surface area contributed by atoms with Crippen LogP contribution in [0.2, 0.25) is 0 Å². The van der Waals surface area contributed by atoms with Gasteiger partial charge < -0.3 is 9.47 Å². The summed E-state index contributed by atoms with van der Waals surface area (Å²) in [5.41, 5.74) is -0.419. The van der Waals surface area contributed by atoms with Crippen molar-refractivity contribution in [3.8, 4) is 0 Å². The molecular formula is C12H23BrO3. The molecule has 0 heterocycles. The molecule has 0 rings (SSSR count). The van der Waals surface area contributed by atoms with E-state index < -0.39 is 5.60 Å². The van der Waals surface area contributed by atoms with E-state index in [0.717, 1.165) is 12.8 Å². The fourth-order valence-corrected chi connectivity index (χ4v) is 1.54. The quantitative estimate of drug-likeness (QED) is 0.411. The van der Waals surface area contributed by atoms with Crippen LogP contribution in [0.3, 0.4) is 0 Å². The minimum absolute atomic E-state index is 0.0820. The Bertz CT molecular complexity index is 199. The molecule has 0 aromatic heterocycles. The maximum atomic E-state index is 11.5. The number of alkyl halides is 1. The fraction of sp³-hybridized carbons (Fsp3) is 0.917. The summed E-state index contributed by atoms with van der Waals surface area (Å²) >= 11 is 3.34. The van der Waals surface area contributed by atoms with Gasteiger partial charge in [0.2, 0.25) is 0 Å². The molecule has 0 amide bonds. The van der Waals surface area contributed by atoms with Gasteiger partial charge in [0, 0.05) is 11.9 Å². The first-order valence-electron chi connectivity index (χ1n) is 5.78. The predicted molar refractivity (Wildman–Crippen MR) is 68.9 cm³/mol. The van der Waals surface area contributed by atoms with Gasteiger partial charge in [0.25, 0.3) is 0 Å². The van der Waals surface area contributed by atoms with Crippen LogP contribution >= 0.6 is 15.9 Å². The molecule has 0 aromatic rings. The molecule has 0 bridgehead atoms. The van der Waals surface area contributed by atoms with Crippen LogP contribution in [0.25, 0.3) is 0 Å². The first kappa shape index (κ1) is 15.9. The highest BCUT2D eigenvalue weighted by molar-refractivity contribution is 9.09. The smallest absolute Gasteiger partial charge is 0.308 e. The molecule has 1 atom stereocenters. The lowest BCUT2D eigenvalue weighted by Crippen LogP contribution is -2.28. The van der Waals surface area contributed by atoms with E-state index in [1.165, 1.54) is 0 Å². The van der Waals surface area contributed by atoms with Gasteiger partial charge >= 0.3 is 5.97 Å². The Morgan fingerprint density at radius 3 is 2.44 bits per heavy atom. The van der Waals surface area contributed by atoms with E-state index in [2.05, 4.69) is 22.9 Å². The molecule has 0 radical (unpaired) electrons. The number of rotatable bonds is 7. The zero-order valence-corrected chi connectivity index (χ0v) is 12.3. The summed E-state index contributed by atoms with van der Waals surface area (Å²) < 4.78 is 10.8. The maximum Gasteiger partial charge on any atom is 0.308 e. The van der Waals surface area contributed by atoms with E-state index in [-0.39, 0.29) is 12.1 Å². The van der Waals surface area contributed by atoms with Crippen molar-refractivity contribution in [1.82, 2.24) is 0 Å². The molecule has 3 nitrogen and oxygen atoms in total. The first-order valence-corrected chi connectivity index (χ1v) is 6.90. The molecule has 0 spiro atoms. The maximum absolute atomic E-state index is 11.5. The molecule has 0 saturated heterocycles. The van der Waals surface area contributed by atoms with Crippen LogP contribution in [-0.4, -0.2) is 29.6 Å². The Labute approximate surface area is 107 Å². The molecule has 0 aliphatic carbocycles. The van der Waals surface area contributed by atoms with Gasteiger partial charge in [-0.2, -0.15) is 0 Å². The van der Waals surface area contributed by atoms with Crippen molar-refractivity contribution >= 4 is 21.9 Å². The average molecular weight is 295 g/mol. The number of esters is 1. The number of hydrogen-bond donors (Lipinski definition) is 0. The topological polar surface area (TPSA) is 35.5 Å². The highest BCUT2D eigenvalue weighted by atomic mass is 79.9. The third kappa shape index (κ3) is 9.16. The van der Waals surface area contributed by atoms with Gasteiger partial charge in [-0.25, -0.2) is 0 Å². The normalized spacial score (nSPS) is 13.6. The highest BCUT2D eigenvalue weighted by Gasteiger charge is 2.20. The van der Waals surface area contributed by atoms with Crippen LogP contribution in [0.1, 0.15) is 47.0 Å². The van der Waals surface area contributed by atoms with Crippen LogP contribution in [-0.2, 0) is 14.3 Å². The number of halogens is 1. The lowest BCUT2D eigenvalue weighted by Gasteiger charge is -2.21. The Kier molecular flexibility index (Phi) is 8.02. The average Bonchev–Trinajstić information content (AvgIpc) is 2.13. The molecule has 0 aliphatic heterocycles. The SMILES string of the molecule is CCCCOC(CBr)CC(=O)OC(C)(C)C. The standard InChI is InChI=1S/C12H23BrO3/c1-5-6-7-15-10(9-13)8-11(14)16-12(2,3)4/h10H,5-9H2,1-4H3. The third-order valence-corrected chi connectivity index (χ3v) is 2.56. The van der Waals surface area contributed by atoms with E-state index in [4.69, 9.17) is 9.47 Å². The van der Waals surface area contributed by atoms with Gasteiger partial charge in [-0.3, -0.25) is 4.79 Å². The van der Waals surface area contributed by atoms with Crippen LogP contribution < -0.4 is 0 Å². The van der Waals surface area contributed by atoms with E-state index in [0.29, 0.717) is 18.4 Å². The monoisotopic (exact) mass is 294 g/mol.